The first kappa shape index (κ1) is 23.6. The third kappa shape index (κ3) is 10.5. The van der Waals surface area contributed by atoms with Gasteiger partial charge >= 0.3 is 0 Å². The average Bonchev–Trinajstić information content (AvgIpc) is 2.39. The predicted molar refractivity (Wildman–Crippen MR) is 111 cm³/mol. The molecule has 0 heterocycles. The summed E-state index contributed by atoms with van der Waals surface area (Å²) in [5.74, 6) is 0. The van der Waals surface area contributed by atoms with Gasteiger partial charge in [0.1, 0.15) is 0 Å². The minimum absolute atomic E-state index is 0.137. The lowest BCUT2D eigenvalue weighted by molar-refractivity contribution is 0.213. The quantitative estimate of drug-likeness (QED) is 0.263. The van der Waals surface area contributed by atoms with Crippen molar-refractivity contribution in [3.8, 4) is 0 Å². The van der Waals surface area contributed by atoms with Crippen molar-refractivity contribution in [1.29, 1.82) is 0 Å². The number of rotatable bonds is 10. The number of ether oxygens (including phenoxy) is 1. The van der Waals surface area contributed by atoms with Crippen LogP contribution in [-0.2, 0) is 13.6 Å². The van der Waals surface area contributed by atoms with E-state index in [1.165, 1.54) is 5.57 Å². The molecule has 1 unspecified atom stereocenters. The van der Waals surface area contributed by atoms with E-state index in [0.717, 1.165) is 12.8 Å². The first-order valence-corrected chi connectivity index (χ1v) is 15.3. The molecule has 0 fully saturated rings. The van der Waals surface area contributed by atoms with E-state index in [0.29, 0.717) is 6.61 Å². The molecule has 142 valence electrons. The van der Waals surface area contributed by atoms with Gasteiger partial charge in [-0.25, -0.2) is 0 Å². The fraction of sp³-hybridized carbons (Fsp3) is 0.789. The summed E-state index contributed by atoms with van der Waals surface area (Å²) in [6.45, 7) is 21.0. The van der Waals surface area contributed by atoms with Crippen molar-refractivity contribution in [2.24, 2.45) is 0 Å². The molecular formula is C19H40O3Si2. The molecule has 3 nitrogen and oxygen atoms in total. The lowest BCUT2D eigenvalue weighted by Gasteiger charge is -2.38. The molecule has 0 aromatic rings. The molecule has 24 heavy (non-hydrogen) atoms. The van der Waals surface area contributed by atoms with Crippen LogP contribution >= 0.6 is 0 Å². The van der Waals surface area contributed by atoms with E-state index < -0.39 is 16.6 Å². The zero-order valence-corrected chi connectivity index (χ0v) is 19.7. The molecule has 0 rings (SSSR count). The Labute approximate surface area is 152 Å². The van der Waals surface area contributed by atoms with Crippen molar-refractivity contribution in [2.45, 2.75) is 84.4 Å². The summed E-state index contributed by atoms with van der Waals surface area (Å²) in [6, 6.07) is 0. The van der Waals surface area contributed by atoms with Crippen LogP contribution in [0.4, 0.5) is 0 Å². The fourth-order valence-corrected chi connectivity index (χ4v) is 3.81. The number of hydrogen-bond donors (Lipinski definition) is 0. The highest BCUT2D eigenvalue weighted by Gasteiger charge is 2.38. The van der Waals surface area contributed by atoms with Gasteiger partial charge in [0.15, 0.2) is 16.6 Å². The van der Waals surface area contributed by atoms with Crippen LogP contribution in [0.2, 0.25) is 37.8 Å². The van der Waals surface area contributed by atoms with Crippen LogP contribution in [0.15, 0.2) is 24.0 Å². The smallest absolute Gasteiger partial charge is 0.192 e. The van der Waals surface area contributed by atoms with Gasteiger partial charge in [-0.15, -0.1) is 0 Å². The topological polar surface area (TPSA) is 27.7 Å². The molecule has 0 aliphatic heterocycles. The van der Waals surface area contributed by atoms with Crippen molar-refractivity contribution in [3.63, 3.8) is 0 Å². The van der Waals surface area contributed by atoms with Crippen molar-refractivity contribution in [2.75, 3.05) is 13.7 Å². The number of allylic oxidation sites excluding steroid dienone is 1. The van der Waals surface area contributed by atoms with E-state index in [1.54, 1.807) is 13.4 Å². The summed E-state index contributed by atoms with van der Waals surface area (Å²) in [5, 5.41) is 0.212. The average molecular weight is 373 g/mol. The Bertz CT molecular complexity index is 415. The van der Waals surface area contributed by atoms with Crippen LogP contribution in [0, 0.1) is 0 Å². The van der Waals surface area contributed by atoms with Crippen LogP contribution in [-0.4, -0.2) is 36.5 Å². The molecule has 0 saturated carbocycles. The summed E-state index contributed by atoms with van der Waals surface area (Å²) in [5.41, 5.74) is 1.26. The monoisotopic (exact) mass is 372 g/mol. The van der Waals surface area contributed by atoms with E-state index in [1.807, 2.05) is 0 Å². The SMILES string of the molecule is CO/C=C/CCC(/C=C(\C)CO[Si](C)(C)C)O[Si](C)(C)C(C)(C)C. The second-order valence-corrected chi connectivity index (χ2v) is 18.3. The van der Waals surface area contributed by atoms with Gasteiger partial charge in [0, 0.05) is 0 Å². The number of hydrogen-bond acceptors (Lipinski definition) is 3. The Morgan fingerprint density at radius 3 is 2.12 bits per heavy atom. The Kier molecular flexibility index (Phi) is 9.80. The molecule has 0 aromatic carbocycles. The van der Waals surface area contributed by atoms with Gasteiger partial charge in [-0.2, -0.15) is 0 Å². The molecule has 0 bridgehead atoms. The molecule has 0 amide bonds. The zero-order chi connectivity index (χ0) is 19.0. The molecule has 0 aromatic heterocycles. The van der Waals surface area contributed by atoms with Crippen LogP contribution in [0.3, 0.4) is 0 Å². The van der Waals surface area contributed by atoms with Gasteiger partial charge < -0.3 is 13.6 Å². The third-order valence-corrected chi connectivity index (χ3v) is 9.82. The largest absolute Gasteiger partial charge is 0.505 e. The normalized spacial score (nSPS) is 15.8. The second kappa shape index (κ2) is 9.95. The van der Waals surface area contributed by atoms with E-state index in [9.17, 15) is 0 Å². The molecule has 0 aliphatic rings. The third-order valence-electron chi connectivity index (χ3n) is 4.31. The van der Waals surface area contributed by atoms with E-state index in [-0.39, 0.29) is 11.1 Å². The van der Waals surface area contributed by atoms with E-state index in [4.69, 9.17) is 13.6 Å². The van der Waals surface area contributed by atoms with Crippen molar-refractivity contribution in [3.05, 3.63) is 24.0 Å². The van der Waals surface area contributed by atoms with Gasteiger partial charge in [-0.1, -0.05) is 32.4 Å². The highest BCUT2D eigenvalue weighted by atomic mass is 28.4. The van der Waals surface area contributed by atoms with E-state index in [2.05, 4.69) is 72.6 Å². The summed E-state index contributed by atoms with van der Waals surface area (Å²) in [7, 11) is -1.60. The first-order chi connectivity index (χ1) is 10.8. The second-order valence-electron chi connectivity index (χ2n) is 9.02. The maximum absolute atomic E-state index is 6.63. The summed E-state index contributed by atoms with van der Waals surface area (Å²) < 4.78 is 17.6. The maximum atomic E-state index is 6.63. The lowest BCUT2D eigenvalue weighted by Crippen LogP contribution is -2.43. The Morgan fingerprint density at radius 1 is 1.08 bits per heavy atom. The summed E-state index contributed by atoms with van der Waals surface area (Å²) in [6.07, 6.45) is 8.12. The standard InChI is InChI=1S/C19H40O3Si2/c1-17(16-21-23(6,7)8)15-18(13-11-12-14-20-5)22-24(9,10)19(2,3)4/h12,14-15,18H,11,13,16H2,1-10H3/b14-12+,17-15+. The Hall–Kier alpha value is -0.366. The van der Waals surface area contributed by atoms with E-state index >= 15 is 0 Å². The van der Waals surface area contributed by atoms with Crippen molar-refractivity contribution >= 4 is 16.6 Å². The van der Waals surface area contributed by atoms with Crippen LogP contribution < -0.4 is 0 Å². The van der Waals surface area contributed by atoms with Crippen LogP contribution in [0.25, 0.3) is 0 Å². The summed E-state index contributed by atoms with van der Waals surface area (Å²) >= 11 is 0. The number of methoxy groups -OCH3 is 1. The molecule has 0 spiro atoms. The van der Waals surface area contributed by atoms with Gasteiger partial charge in [0.05, 0.1) is 26.1 Å². The fourth-order valence-electron chi connectivity index (χ4n) is 1.85. The Balaban J connectivity index is 5.01. The molecule has 5 heteroatoms. The van der Waals surface area contributed by atoms with Gasteiger partial charge in [-0.3, -0.25) is 0 Å². The molecule has 0 aliphatic carbocycles. The maximum Gasteiger partial charge on any atom is 0.192 e. The first-order valence-electron chi connectivity index (χ1n) is 8.95. The molecule has 0 saturated heterocycles. The summed E-state index contributed by atoms with van der Waals surface area (Å²) in [4.78, 5) is 0. The highest BCUT2D eigenvalue weighted by molar-refractivity contribution is 6.74. The Morgan fingerprint density at radius 2 is 1.67 bits per heavy atom. The minimum atomic E-state index is -1.79. The molecule has 0 N–H and O–H groups in total. The van der Waals surface area contributed by atoms with Crippen LogP contribution in [0.5, 0.6) is 0 Å². The van der Waals surface area contributed by atoms with Gasteiger partial charge in [0.25, 0.3) is 0 Å². The van der Waals surface area contributed by atoms with Crippen LogP contribution in [0.1, 0.15) is 40.5 Å². The molecular weight excluding hydrogens is 332 g/mol. The van der Waals surface area contributed by atoms with Crippen molar-refractivity contribution < 1.29 is 13.6 Å². The minimum Gasteiger partial charge on any atom is -0.505 e. The molecule has 1 atom stereocenters. The van der Waals surface area contributed by atoms with Crippen molar-refractivity contribution in [1.82, 2.24) is 0 Å². The zero-order valence-electron chi connectivity index (χ0n) is 17.7. The lowest BCUT2D eigenvalue weighted by atomic mass is 10.1. The van der Waals surface area contributed by atoms with Gasteiger partial charge in [-0.05, 0) is 63.6 Å². The van der Waals surface area contributed by atoms with Gasteiger partial charge in [0.2, 0.25) is 0 Å². The molecule has 0 radical (unpaired) electrons. The predicted octanol–water partition coefficient (Wildman–Crippen LogP) is 6.11. The highest BCUT2D eigenvalue weighted by Crippen LogP contribution is 2.38.